The van der Waals surface area contributed by atoms with E-state index in [0.717, 1.165) is 46.5 Å². The first kappa shape index (κ1) is 88.9. The summed E-state index contributed by atoms with van der Waals surface area (Å²) in [5, 5.41) is 78.0. The van der Waals surface area contributed by atoms with Gasteiger partial charge in [0.25, 0.3) is 0 Å². The van der Waals surface area contributed by atoms with Crippen molar-refractivity contribution < 1.29 is 121 Å². The molecule has 0 aliphatic carbocycles. The van der Waals surface area contributed by atoms with Crippen molar-refractivity contribution in [2.45, 2.75) is 217 Å². The molecule has 3 rings (SSSR count). The van der Waals surface area contributed by atoms with E-state index < -0.39 is 249 Å². The number of fused-ring (bicyclic) bond motifs is 1. The highest BCUT2D eigenvalue weighted by Gasteiger charge is 2.40. The molecule has 1 aliphatic rings. The number of aliphatic carboxylic acids is 4. The SMILES string of the molecule is CCC(C)CCCCCCC(=O)NC(Cc1c[nH]c2ccccc12)C(=O)NC(CC(N)=O)C(=O)NC(CC(=O)O)C(=O)NC1C(=O)NCC(=O)NC(C)C(=O)NC(CC(=O)O)C(=O)NC(C)C(=O)NC(CC(=O)O)C(=O)NCC(=O)NC(CO)C(=O)NC(CCC(=O)O)C(=O)NC(C(C)CC)C(=O)OC1C. The number of amides is 14. The van der Waals surface area contributed by atoms with Crippen LogP contribution in [0.5, 0.6) is 0 Å². The van der Waals surface area contributed by atoms with Crippen molar-refractivity contribution in [1.29, 1.82) is 0 Å². The van der Waals surface area contributed by atoms with Gasteiger partial charge in [-0.15, -0.1) is 0 Å². The quantitative estimate of drug-likeness (QED) is 0.0248. The summed E-state index contributed by atoms with van der Waals surface area (Å²) in [6.07, 6.45) is -1.82. The number of hydrogen-bond acceptors (Lipinski definition) is 21. The molecule has 0 spiro atoms. The van der Waals surface area contributed by atoms with Crippen LogP contribution in [-0.4, -0.2) is 235 Å². The number of carbonyl (C=O) groups excluding carboxylic acids is 15. The Morgan fingerprint density at radius 3 is 1.67 bits per heavy atom. The van der Waals surface area contributed by atoms with Crippen LogP contribution in [0.15, 0.2) is 30.5 Å². The average Bonchev–Trinajstić information content (AvgIpc) is 1.63. The fraction of sp³-hybridized carbons (Fsp3) is 0.591. The number of ether oxygens (including phenoxy) is 1. The van der Waals surface area contributed by atoms with E-state index in [4.69, 9.17) is 10.5 Å². The lowest BCUT2D eigenvalue weighted by Gasteiger charge is -2.30. The summed E-state index contributed by atoms with van der Waals surface area (Å²) in [6.45, 7) is 6.63. The first-order valence-corrected chi connectivity index (χ1v) is 34.3. The molecule has 0 saturated carbocycles. The molecule has 586 valence electrons. The van der Waals surface area contributed by atoms with Crippen molar-refractivity contribution in [2.24, 2.45) is 17.6 Å². The zero-order chi connectivity index (χ0) is 79.7. The van der Waals surface area contributed by atoms with Crippen molar-refractivity contribution in [2.75, 3.05) is 19.7 Å². The zero-order valence-corrected chi connectivity index (χ0v) is 59.7. The molecule has 40 nitrogen and oxygen atoms in total. The summed E-state index contributed by atoms with van der Waals surface area (Å²) >= 11 is 0. The Hall–Kier alpha value is -11.3. The topological polar surface area (TPSA) is 633 Å². The van der Waals surface area contributed by atoms with Crippen LogP contribution in [-0.2, 0) is 102 Å². The van der Waals surface area contributed by atoms with E-state index in [1.807, 2.05) is 16.0 Å². The lowest BCUT2D eigenvalue weighted by atomic mass is 9.98. The van der Waals surface area contributed by atoms with Gasteiger partial charge in [0.05, 0.1) is 45.4 Å². The first-order valence-electron chi connectivity index (χ1n) is 34.3. The highest BCUT2D eigenvalue weighted by atomic mass is 16.5. The molecule has 1 aromatic heterocycles. The number of aromatic amines is 1. The summed E-state index contributed by atoms with van der Waals surface area (Å²) in [5.74, 6) is -26.2. The van der Waals surface area contributed by atoms with Gasteiger partial charge in [0, 0.05) is 36.4 Å². The van der Waals surface area contributed by atoms with E-state index in [-0.39, 0.29) is 19.3 Å². The largest absolute Gasteiger partial charge is 0.481 e. The molecule has 1 aromatic carbocycles. The molecule has 106 heavy (non-hydrogen) atoms. The summed E-state index contributed by atoms with van der Waals surface area (Å²) < 4.78 is 5.66. The van der Waals surface area contributed by atoms with Crippen LogP contribution >= 0.6 is 0 Å². The van der Waals surface area contributed by atoms with Gasteiger partial charge in [0.15, 0.2) is 0 Å². The second-order valence-electron chi connectivity index (χ2n) is 25.6. The normalized spacial score (nSPS) is 22.4. The van der Waals surface area contributed by atoms with Gasteiger partial charge in [-0.05, 0) is 57.1 Å². The van der Waals surface area contributed by atoms with Crippen LogP contribution in [0.4, 0.5) is 0 Å². The van der Waals surface area contributed by atoms with E-state index >= 15 is 0 Å². The number of unbranched alkanes of at least 4 members (excludes halogenated alkanes) is 3. The van der Waals surface area contributed by atoms with Gasteiger partial charge in [0.1, 0.15) is 72.6 Å². The molecular weight excluding hydrogens is 1400 g/mol. The Morgan fingerprint density at radius 1 is 0.557 bits per heavy atom. The van der Waals surface area contributed by atoms with Crippen molar-refractivity contribution in [3.05, 3.63) is 36.0 Å². The molecular formula is C66H97N15O25. The number of cyclic esters (lactones) is 1. The summed E-state index contributed by atoms with van der Waals surface area (Å²) in [5.41, 5.74) is 6.76. The van der Waals surface area contributed by atoms with Gasteiger partial charge in [0.2, 0.25) is 82.7 Å². The predicted molar refractivity (Wildman–Crippen MR) is 367 cm³/mol. The third kappa shape index (κ3) is 30.9. The van der Waals surface area contributed by atoms with Crippen LogP contribution in [0.25, 0.3) is 10.9 Å². The number of carbonyl (C=O) groups is 19. The number of aliphatic hydroxyl groups is 1. The molecule has 21 N–H and O–H groups in total. The van der Waals surface area contributed by atoms with Crippen LogP contribution in [0, 0.1) is 11.8 Å². The maximum atomic E-state index is 14.5. The van der Waals surface area contributed by atoms with Gasteiger partial charge >= 0.3 is 29.8 Å². The van der Waals surface area contributed by atoms with Crippen molar-refractivity contribution in [3.63, 3.8) is 0 Å². The lowest BCUT2D eigenvalue weighted by Crippen LogP contribution is -2.61. The molecule has 14 unspecified atom stereocenters. The van der Waals surface area contributed by atoms with Gasteiger partial charge in [-0.25, -0.2) is 4.79 Å². The Balaban J connectivity index is 2.13. The second kappa shape index (κ2) is 44.3. The summed E-state index contributed by atoms with van der Waals surface area (Å²) in [7, 11) is 0. The third-order valence-corrected chi connectivity index (χ3v) is 17.0. The third-order valence-electron chi connectivity index (χ3n) is 17.0. The summed E-state index contributed by atoms with van der Waals surface area (Å²) in [4.78, 5) is 257. The number of hydrogen-bond donors (Lipinski definition) is 20. The molecule has 0 bridgehead atoms. The minimum Gasteiger partial charge on any atom is -0.481 e. The van der Waals surface area contributed by atoms with Crippen molar-refractivity contribution in [3.8, 4) is 0 Å². The molecule has 40 heteroatoms. The Kier molecular flexibility index (Phi) is 37.2. The molecule has 1 aliphatic heterocycles. The van der Waals surface area contributed by atoms with Crippen LogP contribution < -0.4 is 74.9 Å². The van der Waals surface area contributed by atoms with Crippen molar-refractivity contribution in [1.82, 2.24) is 74.1 Å². The number of carboxylic acids is 4. The van der Waals surface area contributed by atoms with E-state index in [2.05, 4.69) is 72.0 Å². The Morgan fingerprint density at radius 2 is 1.09 bits per heavy atom. The van der Waals surface area contributed by atoms with Gasteiger partial charge in [-0.2, -0.15) is 0 Å². The maximum Gasteiger partial charge on any atom is 0.329 e. The number of nitrogens with one attached hydrogen (secondary N) is 14. The smallest absolute Gasteiger partial charge is 0.329 e. The molecule has 2 heterocycles. The minimum atomic E-state index is -2.29. The van der Waals surface area contributed by atoms with Crippen LogP contribution in [0.1, 0.15) is 144 Å². The van der Waals surface area contributed by atoms with Gasteiger partial charge in [-0.1, -0.05) is 84.4 Å². The van der Waals surface area contributed by atoms with Gasteiger partial charge < -0.3 is 110 Å². The van der Waals surface area contributed by atoms with Crippen LogP contribution in [0.3, 0.4) is 0 Å². The molecule has 1 saturated heterocycles. The zero-order valence-electron chi connectivity index (χ0n) is 59.7. The molecule has 1 fully saturated rings. The van der Waals surface area contributed by atoms with E-state index in [1.54, 1.807) is 30.5 Å². The number of rotatable bonds is 31. The predicted octanol–water partition coefficient (Wildman–Crippen LogP) is -5.15. The minimum absolute atomic E-state index is 0.00332. The lowest BCUT2D eigenvalue weighted by molar-refractivity contribution is -0.157. The number of carboxylic acid groups (broad SMARTS) is 4. The monoisotopic (exact) mass is 1500 g/mol. The number of benzene rings is 1. The molecule has 14 atom stereocenters. The molecule has 2 aromatic rings. The maximum absolute atomic E-state index is 14.5. The van der Waals surface area contributed by atoms with Gasteiger partial charge in [-0.3, -0.25) is 86.3 Å². The number of nitrogens with two attached hydrogens (primary N) is 1. The standard InChI is InChI=1S/C66H97N15O25/c1-8-31(3)16-12-10-11-13-19-47(84)73-40(22-36-27-68-38-18-15-14-17-37(36)38)61(100)78-41(23-46(67)83)62(101)79-44(26-53(93)94)63(102)81-55-35(7)106-66(105)54(32(4)9-2)80-59(98)39(20-21-50(87)88)75-64(103)45(30-82)74-49(86)29-69-58(97)42(24-51(89)90)76-57(96)34(6)72-60(99)43(25-52(91)92)77-56(95)33(5)71-48(85)28-70-65(55)104/h14-15,17-18,27,31-35,39-45,54-55,68,82H,8-13,16,19-26,28-30H2,1-7H3,(H2,67,83)(H,69,97)(H,70,104)(H,71,85)(H,72,99)(H,73,84)(H,74,86)(H,75,103)(H,76,96)(H,77,95)(H,78,100)(H,79,101)(H,80,98)(H,81,102)(H,87,88)(H,89,90)(H,91,92)(H,93,94). The number of primary amides is 1. The Labute approximate surface area is 607 Å². The van der Waals surface area contributed by atoms with E-state index in [1.165, 1.54) is 13.8 Å². The molecule has 14 amide bonds. The van der Waals surface area contributed by atoms with E-state index in [9.17, 15) is 117 Å². The second-order valence-corrected chi connectivity index (χ2v) is 25.6. The number of esters is 1. The number of aliphatic hydroxyl groups excluding tert-OH is 1. The number of para-hydroxylation sites is 1. The number of aromatic nitrogens is 1. The summed E-state index contributed by atoms with van der Waals surface area (Å²) in [6, 6.07) is -14.3. The highest BCUT2D eigenvalue weighted by Crippen LogP contribution is 2.21. The van der Waals surface area contributed by atoms with Crippen molar-refractivity contribution >= 4 is 123 Å². The average molecular weight is 1500 g/mol. The fourth-order valence-electron chi connectivity index (χ4n) is 10.5. The number of H-pyrrole nitrogens is 1. The first-order chi connectivity index (χ1) is 49.9. The van der Waals surface area contributed by atoms with Crippen LogP contribution in [0.2, 0.25) is 0 Å². The van der Waals surface area contributed by atoms with E-state index in [0.29, 0.717) is 35.2 Å². The Bertz CT molecular complexity index is 3530. The fourth-order valence-corrected chi connectivity index (χ4v) is 10.5. The molecule has 0 radical (unpaired) electrons. The highest BCUT2D eigenvalue weighted by molar-refractivity contribution is 6.02.